The van der Waals surface area contributed by atoms with Crippen molar-refractivity contribution in [3.63, 3.8) is 0 Å². The number of benzene rings is 2. The first-order chi connectivity index (χ1) is 12.5. The van der Waals surface area contributed by atoms with Gasteiger partial charge in [0.05, 0.1) is 0 Å². The van der Waals surface area contributed by atoms with Crippen LogP contribution >= 0.6 is 0 Å². The first kappa shape index (κ1) is 16.3. The third-order valence-corrected chi connectivity index (χ3v) is 4.96. The maximum Gasteiger partial charge on any atom is 0.331 e. The predicted octanol–water partition coefficient (Wildman–Crippen LogP) is 2.29. The van der Waals surface area contributed by atoms with Gasteiger partial charge in [0, 0.05) is 0 Å². The number of urea groups is 1. The van der Waals surface area contributed by atoms with Crippen LogP contribution in [0.15, 0.2) is 48.5 Å². The van der Waals surface area contributed by atoms with E-state index in [9.17, 15) is 14.4 Å². The SMILES string of the molecule is Cc1ccc(OC(=O)CN2C(=O)NC3(CCc4ccccc43)C2=O)cc1. The van der Waals surface area contributed by atoms with Crippen molar-refractivity contribution in [1.82, 2.24) is 10.2 Å². The lowest BCUT2D eigenvalue weighted by atomic mass is 9.92. The molecule has 4 rings (SSSR count). The van der Waals surface area contributed by atoms with Crippen molar-refractivity contribution in [2.75, 3.05) is 6.54 Å². The van der Waals surface area contributed by atoms with E-state index in [1.54, 1.807) is 12.1 Å². The zero-order valence-corrected chi connectivity index (χ0v) is 14.3. The van der Waals surface area contributed by atoms with Crippen molar-refractivity contribution in [2.45, 2.75) is 25.3 Å². The molecule has 1 fully saturated rings. The number of fused-ring (bicyclic) bond motifs is 2. The Labute approximate surface area is 150 Å². The van der Waals surface area contributed by atoms with Crippen molar-refractivity contribution < 1.29 is 19.1 Å². The van der Waals surface area contributed by atoms with Crippen molar-refractivity contribution in [1.29, 1.82) is 0 Å². The second-order valence-electron chi connectivity index (χ2n) is 6.67. The third kappa shape index (κ3) is 2.54. The van der Waals surface area contributed by atoms with Crippen LogP contribution in [-0.4, -0.2) is 29.4 Å². The number of nitrogens with one attached hydrogen (secondary N) is 1. The van der Waals surface area contributed by atoms with E-state index in [4.69, 9.17) is 4.74 Å². The summed E-state index contributed by atoms with van der Waals surface area (Å²) in [6.07, 6.45) is 1.21. The molecule has 2 aromatic rings. The van der Waals surface area contributed by atoms with Gasteiger partial charge in [-0.1, -0.05) is 42.0 Å². The summed E-state index contributed by atoms with van der Waals surface area (Å²) in [7, 11) is 0. The number of hydrogen-bond donors (Lipinski definition) is 1. The van der Waals surface area contributed by atoms with Gasteiger partial charge in [0.25, 0.3) is 5.91 Å². The van der Waals surface area contributed by atoms with E-state index in [0.717, 1.165) is 21.6 Å². The average molecular weight is 350 g/mol. The molecule has 1 atom stereocenters. The summed E-state index contributed by atoms with van der Waals surface area (Å²) >= 11 is 0. The summed E-state index contributed by atoms with van der Waals surface area (Å²) in [6, 6.07) is 14.0. The van der Waals surface area contributed by atoms with Gasteiger partial charge < -0.3 is 10.1 Å². The highest BCUT2D eigenvalue weighted by molar-refractivity contribution is 6.09. The predicted molar refractivity (Wildman–Crippen MR) is 93.5 cm³/mol. The Morgan fingerprint density at radius 1 is 1.15 bits per heavy atom. The van der Waals surface area contributed by atoms with E-state index >= 15 is 0 Å². The molecule has 2 aliphatic rings. The Hall–Kier alpha value is -3.15. The van der Waals surface area contributed by atoms with Crippen LogP contribution in [0, 0.1) is 6.92 Å². The molecule has 1 spiro atoms. The molecule has 6 heteroatoms. The zero-order valence-electron chi connectivity index (χ0n) is 14.3. The van der Waals surface area contributed by atoms with E-state index in [-0.39, 0.29) is 0 Å². The highest BCUT2D eigenvalue weighted by atomic mass is 16.5. The highest BCUT2D eigenvalue weighted by Crippen LogP contribution is 2.41. The number of rotatable bonds is 3. The largest absolute Gasteiger partial charge is 0.425 e. The number of ether oxygens (including phenoxy) is 1. The molecule has 1 heterocycles. The molecule has 0 bridgehead atoms. The quantitative estimate of drug-likeness (QED) is 0.524. The van der Waals surface area contributed by atoms with Crippen LogP contribution in [-0.2, 0) is 21.5 Å². The molecule has 3 amide bonds. The number of imide groups is 1. The number of amides is 3. The summed E-state index contributed by atoms with van der Waals surface area (Å²) in [6.45, 7) is 1.51. The molecule has 1 aliphatic carbocycles. The molecule has 1 unspecified atom stereocenters. The molecular weight excluding hydrogens is 332 g/mol. The Kier molecular flexibility index (Phi) is 3.76. The number of hydrogen-bond acceptors (Lipinski definition) is 4. The van der Waals surface area contributed by atoms with Crippen LogP contribution in [0.5, 0.6) is 5.75 Å². The van der Waals surface area contributed by atoms with Gasteiger partial charge in [0.2, 0.25) is 0 Å². The number of carbonyl (C=O) groups excluding carboxylic acids is 3. The van der Waals surface area contributed by atoms with Crippen LogP contribution in [0.1, 0.15) is 23.1 Å². The van der Waals surface area contributed by atoms with Crippen molar-refractivity contribution in [3.8, 4) is 5.75 Å². The van der Waals surface area contributed by atoms with E-state index in [2.05, 4.69) is 5.32 Å². The van der Waals surface area contributed by atoms with Crippen LogP contribution in [0.3, 0.4) is 0 Å². The molecule has 0 aromatic heterocycles. The van der Waals surface area contributed by atoms with Crippen LogP contribution < -0.4 is 10.1 Å². The normalized spacial score (nSPS) is 21.0. The number of carbonyl (C=O) groups is 3. The molecule has 1 saturated heterocycles. The molecule has 0 saturated carbocycles. The topological polar surface area (TPSA) is 75.7 Å². The molecule has 2 aromatic carbocycles. The van der Waals surface area contributed by atoms with Gasteiger partial charge in [0.1, 0.15) is 17.8 Å². The maximum absolute atomic E-state index is 13.0. The van der Waals surface area contributed by atoms with Gasteiger partial charge in [-0.2, -0.15) is 0 Å². The van der Waals surface area contributed by atoms with Gasteiger partial charge in [0.15, 0.2) is 0 Å². The first-order valence-corrected chi connectivity index (χ1v) is 8.49. The summed E-state index contributed by atoms with van der Waals surface area (Å²) < 4.78 is 5.24. The van der Waals surface area contributed by atoms with E-state index in [0.29, 0.717) is 18.6 Å². The Morgan fingerprint density at radius 2 is 1.88 bits per heavy atom. The van der Waals surface area contributed by atoms with E-state index < -0.39 is 30.0 Å². The molecular formula is C20H18N2O4. The molecule has 1 aliphatic heterocycles. The monoisotopic (exact) mass is 350 g/mol. The number of nitrogens with zero attached hydrogens (tertiary/aromatic N) is 1. The minimum Gasteiger partial charge on any atom is -0.425 e. The zero-order chi connectivity index (χ0) is 18.3. The Balaban J connectivity index is 1.52. The molecule has 26 heavy (non-hydrogen) atoms. The molecule has 0 radical (unpaired) electrons. The smallest absolute Gasteiger partial charge is 0.331 e. The summed E-state index contributed by atoms with van der Waals surface area (Å²) in [4.78, 5) is 38.5. The Bertz CT molecular complexity index is 906. The van der Waals surface area contributed by atoms with Gasteiger partial charge in [-0.3, -0.25) is 9.69 Å². The molecule has 1 N–H and O–H groups in total. The minimum atomic E-state index is -1.06. The summed E-state index contributed by atoms with van der Waals surface area (Å²) in [5.41, 5.74) is 1.84. The fourth-order valence-electron chi connectivity index (χ4n) is 3.63. The fourth-order valence-corrected chi connectivity index (χ4v) is 3.63. The first-order valence-electron chi connectivity index (χ1n) is 8.49. The third-order valence-electron chi connectivity index (χ3n) is 4.96. The lowest BCUT2D eigenvalue weighted by Gasteiger charge is -2.22. The van der Waals surface area contributed by atoms with Gasteiger partial charge >= 0.3 is 12.0 Å². The van der Waals surface area contributed by atoms with Gasteiger partial charge in [-0.15, -0.1) is 0 Å². The van der Waals surface area contributed by atoms with Gasteiger partial charge in [-0.25, -0.2) is 9.59 Å². The van der Waals surface area contributed by atoms with E-state index in [1.807, 2.05) is 43.3 Å². The van der Waals surface area contributed by atoms with E-state index in [1.165, 1.54) is 0 Å². The second kappa shape index (κ2) is 5.98. The summed E-state index contributed by atoms with van der Waals surface area (Å²) in [5.74, 6) is -0.664. The van der Waals surface area contributed by atoms with Crippen LogP contribution in [0.2, 0.25) is 0 Å². The van der Waals surface area contributed by atoms with Gasteiger partial charge in [-0.05, 0) is 43.0 Å². The lowest BCUT2D eigenvalue weighted by molar-refractivity contribution is -0.141. The highest BCUT2D eigenvalue weighted by Gasteiger charge is 2.55. The second-order valence-corrected chi connectivity index (χ2v) is 6.67. The van der Waals surface area contributed by atoms with Crippen molar-refractivity contribution in [2.24, 2.45) is 0 Å². The van der Waals surface area contributed by atoms with Crippen LogP contribution in [0.4, 0.5) is 4.79 Å². The molecule has 6 nitrogen and oxygen atoms in total. The lowest BCUT2D eigenvalue weighted by Crippen LogP contribution is -2.42. The summed E-state index contributed by atoms with van der Waals surface area (Å²) in [5, 5.41) is 2.79. The minimum absolute atomic E-state index is 0.383. The molecule has 132 valence electrons. The maximum atomic E-state index is 13.0. The van der Waals surface area contributed by atoms with Crippen LogP contribution in [0.25, 0.3) is 0 Å². The number of aryl methyl sites for hydroxylation is 2. The average Bonchev–Trinajstić information content (AvgIpc) is 3.11. The Morgan fingerprint density at radius 3 is 2.65 bits per heavy atom. The standard InChI is InChI=1S/C20H18N2O4/c1-13-6-8-15(9-7-13)26-17(23)12-22-18(24)20(21-19(22)25)11-10-14-4-2-3-5-16(14)20/h2-9H,10-12H2,1H3,(H,21,25). The van der Waals surface area contributed by atoms with Crippen molar-refractivity contribution in [3.05, 3.63) is 65.2 Å². The fraction of sp³-hybridized carbons (Fsp3) is 0.250. The number of esters is 1. The van der Waals surface area contributed by atoms with Crippen molar-refractivity contribution >= 4 is 17.9 Å².